The van der Waals surface area contributed by atoms with Crippen molar-refractivity contribution in [3.05, 3.63) is 122 Å². The van der Waals surface area contributed by atoms with Crippen LogP contribution in [0.4, 0.5) is 0 Å². The molecule has 10 heteroatoms. The molecule has 0 aliphatic carbocycles. The van der Waals surface area contributed by atoms with Gasteiger partial charge in [-0.05, 0) is 74.7 Å². The number of rotatable bonds is 11. The standard InChI is InChI=1S/C39H43ClN6O3/c1-4-26-12-13-29-21-33(32-15-14-28(22-34(32)40)30-11-8-18-41-23-30)39(48)46(38(29)44-37(26)42-31-16-19-49-20-17-31)25-36(47)43-35(24-45(2)3)27-9-6-5-7-10-27/h5-11,13-15,18,21-23,31,35,42H,4,12,16-17,19-20,24-25H2,1-3H3,(H,43,47). The Balaban J connectivity index is 1.45. The molecule has 2 aliphatic rings. The minimum absolute atomic E-state index is 0.208. The molecule has 0 spiro atoms. The zero-order valence-electron chi connectivity index (χ0n) is 28.3. The van der Waals surface area contributed by atoms with Crippen LogP contribution in [0.2, 0.25) is 5.02 Å². The Morgan fingerprint density at radius 2 is 1.84 bits per heavy atom. The van der Waals surface area contributed by atoms with Gasteiger partial charge in [0.25, 0.3) is 5.56 Å². The van der Waals surface area contributed by atoms with Gasteiger partial charge in [-0.1, -0.05) is 73.1 Å². The zero-order valence-corrected chi connectivity index (χ0v) is 29.0. The van der Waals surface area contributed by atoms with Crippen LogP contribution >= 0.6 is 11.6 Å². The largest absolute Gasteiger partial charge is 0.381 e. The Hall–Kier alpha value is -4.57. The lowest BCUT2D eigenvalue weighted by atomic mass is 10.0. The first-order valence-electron chi connectivity index (χ1n) is 16.9. The summed E-state index contributed by atoms with van der Waals surface area (Å²) in [6.07, 6.45) is 8.81. The monoisotopic (exact) mass is 678 g/mol. The third kappa shape index (κ3) is 8.19. The summed E-state index contributed by atoms with van der Waals surface area (Å²) in [5.74, 6) is 0.479. The molecular formula is C39H43ClN6O3. The van der Waals surface area contributed by atoms with E-state index in [0.717, 1.165) is 52.6 Å². The van der Waals surface area contributed by atoms with Crippen molar-refractivity contribution in [3.8, 4) is 22.3 Å². The molecule has 1 amide bonds. The maximum atomic E-state index is 14.6. The Kier molecular flexibility index (Phi) is 11.0. The predicted octanol–water partition coefficient (Wildman–Crippen LogP) is 4.84. The Morgan fingerprint density at radius 1 is 1.04 bits per heavy atom. The SMILES string of the molecule is CCC1=C(NC2CCOCC2)N=c2c(cc(-c3ccc(-c4cccnc4)cc3Cl)c(=O)n2CC(=O)NC(CN(C)C)c2ccccc2)=CC1. The van der Waals surface area contributed by atoms with Crippen LogP contribution < -0.4 is 26.9 Å². The number of carbonyl (C=O) groups is 1. The lowest BCUT2D eigenvalue weighted by Gasteiger charge is -2.25. The first-order chi connectivity index (χ1) is 23.8. The molecule has 4 aromatic rings. The number of hydrogen-bond acceptors (Lipinski definition) is 7. The fourth-order valence-corrected chi connectivity index (χ4v) is 6.69. The van der Waals surface area contributed by atoms with Crippen molar-refractivity contribution in [2.24, 2.45) is 4.99 Å². The van der Waals surface area contributed by atoms with Gasteiger partial charge in [-0.15, -0.1) is 0 Å². The van der Waals surface area contributed by atoms with Gasteiger partial charge >= 0.3 is 0 Å². The van der Waals surface area contributed by atoms with E-state index in [0.29, 0.717) is 47.8 Å². The molecule has 9 nitrogen and oxygen atoms in total. The van der Waals surface area contributed by atoms with Crippen LogP contribution in [0.15, 0.2) is 100 Å². The normalized spacial score (nSPS) is 15.5. The molecule has 0 bridgehead atoms. The molecule has 2 aliphatic heterocycles. The smallest absolute Gasteiger partial charge is 0.260 e. The minimum Gasteiger partial charge on any atom is -0.381 e. The highest BCUT2D eigenvalue weighted by Gasteiger charge is 2.22. The Bertz CT molecular complexity index is 2000. The van der Waals surface area contributed by atoms with Crippen LogP contribution in [0, 0.1) is 0 Å². The van der Waals surface area contributed by atoms with E-state index in [4.69, 9.17) is 21.3 Å². The quantitative estimate of drug-likeness (QED) is 0.236. The zero-order chi connectivity index (χ0) is 34.3. The number of amides is 1. The maximum absolute atomic E-state index is 14.6. The summed E-state index contributed by atoms with van der Waals surface area (Å²) in [5, 5.41) is 8.06. The van der Waals surface area contributed by atoms with Crippen molar-refractivity contribution in [1.29, 1.82) is 0 Å². The highest BCUT2D eigenvalue weighted by Crippen LogP contribution is 2.30. The molecule has 2 N–H and O–H groups in total. The van der Waals surface area contributed by atoms with E-state index in [1.165, 1.54) is 4.57 Å². The molecule has 6 rings (SSSR count). The summed E-state index contributed by atoms with van der Waals surface area (Å²) in [4.78, 5) is 39.9. The predicted molar refractivity (Wildman–Crippen MR) is 194 cm³/mol. The number of fused-ring (bicyclic) bond motifs is 1. The minimum atomic E-state index is -0.337. The number of aromatic nitrogens is 2. The number of pyridine rings is 2. The van der Waals surface area contributed by atoms with Crippen molar-refractivity contribution in [1.82, 2.24) is 25.1 Å². The van der Waals surface area contributed by atoms with Crippen molar-refractivity contribution in [2.45, 2.75) is 51.2 Å². The molecule has 1 saturated heterocycles. The van der Waals surface area contributed by atoms with E-state index < -0.39 is 0 Å². The number of ether oxygens (including phenoxy) is 1. The van der Waals surface area contributed by atoms with Crippen molar-refractivity contribution in [3.63, 3.8) is 0 Å². The van der Waals surface area contributed by atoms with Gasteiger partial charge in [0.1, 0.15) is 17.9 Å². The van der Waals surface area contributed by atoms with Crippen molar-refractivity contribution >= 4 is 23.6 Å². The summed E-state index contributed by atoms with van der Waals surface area (Å²) in [6.45, 7) is 3.89. The lowest BCUT2D eigenvalue weighted by molar-refractivity contribution is -0.122. The summed E-state index contributed by atoms with van der Waals surface area (Å²) >= 11 is 6.91. The van der Waals surface area contributed by atoms with E-state index in [-0.39, 0.29) is 30.1 Å². The van der Waals surface area contributed by atoms with Gasteiger partial charge in [0.15, 0.2) is 0 Å². The second-order valence-electron chi connectivity index (χ2n) is 12.8. The Labute approximate surface area is 292 Å². The number of hydrogen-bond donors (Lipinski definition) is 2. The van der Waals surface area contributed by atoms with Gasteiger partial charge in [-0.3, -0.25) is 19.1 Å². The number of halogens is 1. The van der Waals surface area contributed by atoms with Crippen LogP contribution in [0.5, 0.6) is 0 Å². The molecule has 0 saturated carbocycles. The summed E-state index contributed by atoms with van der Waals surface area (Å²) in [6, 6.07) is 21.2. The average molecular weight is 679 g/mol. The van der Waals surface area contributed by atoms with Gasteiger partial charge in [-0.25, -0.2) is 4.99 Å². The molecule has 254 valence electrons. The number of nitrogens with zero attached hydrogens (tertiary/aromatic N) is 4. The summed E-state index contributed by atoms with van der Waals surface area (Å²) < 4.78 is 7.09. The van der Waals surface area contributed by atoms with Gasteiger partial charge in [0, 0.05) is 65.1 Å². The van der Waals surface area contributed by atoms with E-state index in [2.05, 4.69) is 28.6 Å². The molecule has 2 aromatic heterocycles. The second kappa shape index (κ2) is 15.8. The van der Waals surface area contributed by atoms with Crippen LogP contribution in [-0.4, -0.2) is 60.3 Å². The van der Waals surface area contributed by atoms with Crippen LogP contribution in [0.1, 0.15) is 44.2 Å². The maximum Gasteiger partial charge on any atom is 0.260 e. The summed E-state index contributed by atoms with van der Waals surface area (Å²) in [5.41, 5.74) is 5.06. The fraction of sp³-hybridized carbons (Fsp3) is 0.333. The van der Waals surface area contributed by atoms with E-state index in [9.17, 15) is 9.59 Å². The van der Waals surface area contributed by atoms with Crippen LogP contribution in [-0.2, 0) is 16.1 Å². The van der Waals surface area contributed by atoms with Gasteiger partial charge < -0.3 is 20.3 Å². The summed E-state index contributed by atoms with van der Waals surface area (Å²) in [7, 11) is 3.94. The molecule has 1 fully saturated rings. The molecular weight excluding hydrogens is 636 g/mol. The number of allylic oxidation sites excluding steroid dienone is 1. The van der Waals surface area contributed by atoms with Gasteiger partial charge in [0.05, 0.1) is 6.04 Å². The van der Waals surface area contributed by atoms with E-state index >= 15 is 0 Å². The first kappa shape index (κ1) is 34.3. The third-order valence-corrected chi connectivity index (χ3v) is 9.35. The molecule has 49 heavy (non-hydrogen) atoms. The molecule has 2 aromatic carbocycles. The molecule has 1 unspecified atom stereocenters. The van der Waals surface area contributed by atoms with E-state index in [1.54, 1.807) is 12.4 Å². The van der Waals surface area contributed by atoms with Crippen LogP contribution in [0.3, 0.4) is 0 Å². The van der Waals surface area contributed by atoms with Gasteiger partial charge in [-0.2, -0.15) is 0 Å². The average Bonchev–Trinajstić information content (AvgIpc) is 3.29. The van der Waals surface area contributed by atoms with Crippen molar-refractivity contribution in [2.75, 3.05) is 33.9 Å². The number of carbonyl (C=O) groups excluding carboxylic acids is 1. The highest BCUT2D eigenvalue weighted by molar-refractivity contribution is 6.33. The second-order valence-corrected chi connectivity index (χ2v) is 13.2. The van der Waals surface area contributed by atoms with Gasteiger partial charge in [0.2, 0.25) is 5.91 Å². The lowest BCUT2D eigenvalue weighted by Crippen LogP contribution is -2.48. The number of likely N-dealkylation sites (N-methyl/N-ethyl adjacent to an activating group) is 1. The first-order valence-corrected chi connectivity index (χ1v) is 17.3. The van der Waals surface area contributed by atoms with Crippen LogP contribution in [0.25, 0.3) is 28.3 Å². The molecule has 0 radical (unpaired) electrons. The Morgan fingerprint density at radius 3 is 2.53 bits per heavy atom. The topological polar surface area (TPSA) is 101 Å². The third-order valence-electron chi connectivity index (χ3n) is 9.04. The van der Waals surface area contributed by atoms with E-state index in [1.807, 2.05) is 85.7 Å². The molecule has 4 heterocycles. The highest BCUT2D eigenvalue weighted by atomic mass is 35.5. The number of nitrogens with one attached hydrogen (secondary N) is 2. The number of benzene rings is 2. The fourth-order valence-electron chi connectivity index (χ4n) is 6.41. The molecule has 1 atom stereocenters. The van der Waals surface area contributed by atoms with Crippen molar-refractivity contribution < 1.29 is 9.53 Å².